The van der Waals surface area contributed by atoms with Crippen molar-refractivity contribution in [3.05, 3.63) is 12.3 Å². The molecule has 4 nitrogen and oxygen atoms in total. The topological polar surface area (TPSA) is 58.0 Å². The van der Waals surface area contributed by atoms with Crippen molar-refractivity contribution >= 4 is 11.1 Å². The maximum absolute atomic E-state index is 10.3. The fourth-order valence-electron chi connectivity index (χ4n) is 0.608. The summed E-state index contributed by atoms with van der Waals surface area (Å²) in [5.74, 6) is 0. The van der Waals surface area contributed by atoms with Crippen LogP contribution in [0.1, 0.15) is 6.92 Å². The van der Waals surface area contributed by atoms with Gasteiger partial charge in [-0.05, 0) is 24.1 Å². The van der Waals surface area contributed by atoms with Crippen molar-refractivity contribution in [3.63, 3.8) is 0 Å². The van der Waals surface area contributed by atoms with Crippen LogP contribution in [0.5, 0.6) is 0 Å². The van der Waals surface area contributed by atoms with Crippen molar-refractivity contribution in [2.75, 3.05) is 0 Å². The van der Waals surface area contributed by atoms with Crippen molar-refractivity contribution in [1.29, 1.82) is 0 Å². The number of hydrogen-bond donors (Lipinski definition) is 0. The standard InChI is InChI=1S/C5H8N2O2S.Na/c1-2-7-4-3-5(6-7)10(8)9;/h3-4H,2H2,1H3,(H,8,9);/q;+1/p-1. The van der Waals surface area contributed by atoms with Crippen LogP contribution in [-0.2, 0) is 17.6 Å². The van der Waals surface area contributed by atoms with Crippen molar-refractivity contribution in [2.24, 2.45) is 0 Å². The van der Waals surface area contributed by atoms with Crippen LogP contribution in [0.4, 0.5) is 0 Å². The molecule has 0 saturated carbocycles. The minimum Gasteiger partial charge on any atom is -0.767 e. The minimum absolute atomic E-state index is 0. The van der Waals surface area contributed by atoms with E-state index in [-0.39, 0.29) is 34.6 Å². The van der Waals surface area contributed by atoms with E-state index in [1.54, 1.807) is 10.9 Å². The monoisotopic (exact) mass is 182 g/mol. The third-order valence-corrected chi connectivity index (χ3v) is 1.67. The second kappa shape index (κ2) is 5.05. The predicted octanol–water partition coefficient (Wildman–Crippen LogP) is -2.85. The van der Waals surface area contributed by atoms with Crippen molar-refractivity contribution in [2.45, 2.75) is 18.5 Å². The molecule has 0 aromatic carbocycles. The van der Waals surface area contributed by atoms with Gasteiger partial charge in [-0.3, -0.25) is 8.89 Å². The molecule has 0 aliphatic heterocycles. The van der Waals surface area contributed by atoms with Crippen molar-refractivity contribution < 1.29 is 38.3 Å². The summed E-state index contributed by atoms with van der Waals surface area (Å²) in [7, 11) is 0. The van der Waals surface area contributed by atoms with Gasteiger partial charge in [-0.15, -0.1) is 0 Å². The summed E-state index contributed by atoms with van der Waals surface area (Å²) in [4.78, 5) is 0. The van der Waals surface area contributed by atoms with Crippen LogP contribution in [0.25, 0.3) is 0 Å². The summed E-state index contributed by atoms with van der Waals surface area (Å²) in [6.45, 7) is 2.59. The van der Waals surface area contributed by atoms with E-state index in [0.29, 0.717) is 6.54 Å². The quantitative estimate of drug-likeness (QED) is 0.365. The second-order valence-corrected chi connectivity index (χ2v) is 2.63. The summed E-state index contributed by atoms with van der Waals surface area (Å²) >= 11 is -2.19. The predicted molar refractivity (Wildman–Crippen MR) is 35.1 cm³/mol. The molecule has 0 fully saturated rings. The molecular formula is C5H7N2NaO2S. The summed E-state index contributed by atoms with van der Waals surface area (Å²) in [6.07, 6.45) is 1.63. The molecular weight excluding hydrogens is 175 g/mol. The van der Waals surface area contributed by atoms with Crippen molar-refractivity contribution in [1.82, 2.24) is 9.78 Å². The molecule has 1 aromatic heterocycles. The van der Waals surface area contributed by atoms with E-state index in [9.17, 15) is 8.76 Å². The Bertz CT molecular complexity index is 250. The molecule has 11 heavy (non-hydrogen) atoms. The Morgan fingerprint density at radius 1 is 1.82 bits per heavy atom. The molecule has 1 atom stereocenters. The smallest absolute Gasteiger partial charge is 0.767 e. The molecule has 0 saturated heterocycles. The van der Waals surface area contributed by atoms with Gasteiger partial charge in [0.25, 0.3) is 0 Å². The molecule has 0 radical (unpaired) electrons. The first kappa shape index (κ1) is 11.3. The first-order chi connectivity index (χ1) is 4.74. The number of nitrogens with zero attached hydrogens (tertiary/aromatic N) is 2. The average molecular weight is 182 g/mol. The number of rotatable bonds is 2. The molecule has 0 aliphatic rings. The number of aromatic nitrogens is 2. The number of aryl methyl sites for hydroxylation is 1. The Labute approximate surface area is 89.6 Å². The van der Waals surface area contributed by atoms with Crippen LogP contribution in [0.2, 0.25) is 0 Å². The Kier molecular flexibility index (Phi) is 5.20. The van der Waals surface area contributed by atoms with Gasteiger partial charge in [-0.25, -0.2) is 0 Å². The molecule has 0 spiro atoms. The summed E-state index contributed by atoms with van der Waals surface area (Å²) in [6, 6.07) is 1.46. The fraction of sp³-hybridized carbons (Fsp3) is 0.400. The van der Waals surface area contributed by atoms with E-state index >= 15 is 0 Å². The zero-order valence-electron chi connectivity index (χ0n) is 6.48. The second-order valence-electron chi connectivity index (χ2n) is 1.74. The molecule has 0 bridgehead atoms. The van der Waals surface area contributed by atoms with Gasteiger partial charge in [0.15, 0.2) is 0 Å². The first-order valence-corrected chi connectivity index (χ1v) is 3.94. The van der Waals surface area contributed by atoms with Crippen LogP contribution >= 0.6 is 0 Å². The Hall–Kier alpha value is 0.320. The normalized spacial score (nSPS) is 12.2. The Morgan fingerprint density at radius 2 is 2.45 bits per heavy atom. The molecule has 1 unspecified atom stereocenters. The molecule has 1 heterocycles. The molecule has 0 amide bonds. The van der Waals surface area contributed by atoms with Gasteiger partial charge in [-0.2, -0.15) is 5.10 Å². The average Bonchev–Trinajstić information content (AvgIpc) is 2.34. The summed E-state index contributed by atoms with van der Waals surface area (Å²) < 4.78 is 22.1. The molecule has 0 aliphatic carbocycles. The number of hydrogen-bond acceptors (Lipinski definition) is 3. The van der Waals surface area contributed by atoms with E-state index in [0.717, 1.165) is 0 Å². The van der Waals surface area contributed by atoms with Gasteiger partial charge in [0, 0.05) is 12.7 Å². The molecule has 6 heteroatoms. The van der Waals surface area contributed by atoms with E-state index in [4.69, 9.17) is 0 Å². The van der Waals surface area contributed by atoms with Crippen molar-refractivity contribution in [3.8, 4) is 0 Å². The van der Waals surface area contributed by atoms with Crippen LogP contribution in [0.3, 0.4) is 0 Å². The molecule has 1 aromatic rings. The molecule has 56 valence electrons. The third kappa shape index (κ3) is 3.04. The van der Waals surface area contributed by atoms with E-state index in [1.807, 2.05) is 6.92 Å². The largest absolute Gasteiger partial charge is 1.00 e. The third-order valence-electron chi connectivity index (χ3n) is 1.11. The summed E-state index contributed by atoms with van der Waals surface area (Å²) in [5.41, 5.74) is 0. The van der Waals surface area contributed by atoms with Gasteiger partial charge >= 0.3 is 29.6 Å². The minimum atomic E-state index is -2.19. The van der Waals surface area contributed by atoms with Gasteiger partial charge in [0.05, 0.1) is 0 Å². The van der Waals surface area contributed by atoms with Gasteiger partial charge in [-0.1, -0.05) is 0 Å². The van der Waals surface area contributed by atoms with E-state index < -0.39 is 11.1 Å². The fourth-order valence-corrected chi connectivity index (χ4v) is 0.952. The van der Waals surface area contributed by atoms with Crippen LogP contribution in [-0.4, -0.2) is 18.5 Å². The zero-order chi connectivity index (χ0) is 7.56. The van der Waals surface area contributed by atoms with Gasteiger partial charge < -0.3 is 4.55 Å². The van der Waals surface area contributed by atoms with Crippen LogP contribution < -0.4 is 29.6 Å². The first-order valence-electron chi connectivity index (χ1n) is 2.86. The molecule has 0 N–H and O–H groups in total. The maximum atomic E-state index is 10.3. The Morgan fingerprint density at radius 3 is 2.73 bits per heavy atom. The SMILES string of the molecule is CCn1ccc(S(=O)[O-])n1.[Na+]. The molecule has 1 rings (SSSR count). The van der Waals surface area contributed by atoms with Crippen LogP contribution in [0.15, 0.2) is 17.3 Å². The van der Waals surface area contributed by atoms with Crippen LogP contribution in [0, 0.1) is 0 Å². The van der Waals surface area contributed by atoms with Gasteiger partial charge in [0.2, 0.25) is 0 Å². The van der Waals surface area contributed by atoms with E-state index in [1.165, 1.54) is 6.07 Å². The maximum Gasteiger partial charge on any atom is 1.00 e. The van der Waals surface area contributed by atoms with E-state index in [2.05, 4.69) is 5.10 Å². The Balaban J connectivity index is 0.000001000. The zero-order valence-corrected chi connectivity index (χ0v) is 9.30. The van der Waals surface area contributed by atoms with Gasteiger partial charge in [0.1, 0.15) is 5.03 Å². The summed E-state index contributed by atoms with van der Waals surface area (Å²) in [5, 5.41) is 3.83.